The lowest BCUT2D eigenvalue weighted by atomic mass is 9.82. The van der Waals surface area contributed by atoms with Gasteiger partial charge in [-0.15, -0.1) is 0 Å². The molecule has 1 aromatic rings. The van der Waals surface area contributed by atoms with Crippen LogP contribution in [0, 0.1) is 16.0 Å². The van der Waals surface area contributed by atoms with Crippen LogP contribution in [0.25, 0.3) is 0 Å². The Morgan fingerprint density at radius 1 is 1.40 bits per heavy atom. The Kier molecular flexibility index (Phi) is 4.52. The molecule has 0 bridgehead atoms. The maximum atomic E-state index is 11.4. The number of rotatable bonds is 5. The summed E-state index contributed by atoms with van der Waals surface area (Å²) in [7, 11) is 0. The van der Waals surface area contributed by atoms with E-state index in [2.05, 4.69) is 5.32 Å². The average Bonchev–Trinajstić information content (AvgIpc) is 2.40. The van der Waals surface area contributed by atoms with E-state index in [1.54, 1.807) is 12.1 Å². The van der Waals surface area contributed by atoms with Crippen LogP contribution >= 0.6 is 0 Å². The number of carbonyl (C=O) groups is 1. The van der Waals surface area contributed by atoms with Crippen molar-refractivity contribution in [2.45, 2.75) is 25.6 Å². The van der Waals surface area contributed by atoms with Gasteiger partial charge in [-0.25, -0.2) is 4.79 Å². The zero-order valence-corrected chi connectivity index (χ0v) is 10.8. The second-order valence-corrected chi connectivity index (χ2v) is 4.87. The van der Waals surface area contributed by atoms with Gasteiger partial charge in [0.1, 0.15) is 6.61 Å². The summed E-state index contributed by atoms with van der Waals surface area (Å²) in [6.45, 7) is 0.563. The van der Waals surface area contributed by atoms with Gasteiger partial charge in [-0.05, 0) is 36.5 Å². The Hall–Kier alpha value is -2.15. The third-order valence-corrected chi connectivity index (χ3v) is 3.26. The molecule has 0 aliphatic heterocycles. The number of nitrogens with one attached hydrogen (secondary N) is 1. The van der Waals surface area contributed by atoms with E-state index in [0.717, 1.165) is 0 Å². The molecule has 1 aliphatic carbocycles. The summed E-state index contributed by atoms with van der Waals surface area (Å²) in [4.78, 5) is 21.4. The van der Waals surface area contributed by atoms with Crippen molar-refractivity contribution >= 4 is 11.8 Å². The van der Waals surface area contributed by atoms with E-state index < -0.39 is 11.0 Å². The highest BCUT2D eigenvalue weighted by Gasteiger charge is 2.27. The Morgan fingerprint density at radius 2 is 2.05 bits per heavy atom. The van der Waals surface area contributed by atoms with Gasteiger partial charge in [0, 0.05) is 18.7 Å². The number of benzene rings is 1. The Labute approximate surface area is 115 Å². The van der Waals surface area contributed by atoms with Gasteiger partial charge in [-0.3, -0.25) is 10.1 Å². The molecular weight excluding hydrogens is 264 g/mol. The molecule has 0 atom stereocenters. The molecule has 0 unspecified atom stereocenters. The van der Waals surface area contributed by atoms with Gasteiger partial charge in [0.05, 0.1) is 11.0 Å². The van der Waals surface area contributed by atoms with E-state index in [0.29, 0.717) is 30.9 Å². The molecule has 0 saturated heterocycles. The van der Waals surface area contributed by atoms with E-state index in [1.807, 2.05) is 0 Å². The van der Waals surface area contributed by atoms with Gasteiger partial charge >= 0.3 is 6.09 Å². The largest absolute Gasteiger partial charge is 0.445 e. The minimum atomic E-state index is -0.523. The maximum absolute atomic E-state index is 11.4. The lowest BCUT2D eigenvalue weighted by Gasteiger charge is -2.31. The normalized spacial score (nSPS) is 20.9. The first-order valence-electron chi connectivity index (χ1n) is 6.36. The molecule has 2 rings (SSSR count). The van der Waals surface area contributed by atoms with Gasteiger partial charge in [0.25, 0.3) is 5.69 Å². The van der Waals surface area contributed by atoms with Gasteiger partial charge in [0.15, 0.2) is 0 Å². The summed E-state index contributed by atoms with van der Waals surface area (Å²) in [5.74, 6) is 0.317. The number of ether oxygens (including phenoxy) is 1. The fourth-order valence-electron chi connectivity index (χ4n) is 2.01. The molecule has 1 saturated carbocycles. The van der Waals surface area contributed by atoms with Crippen molar-refractivity contribution in [3.8, 4) is 0 Å². The summed E-state index contributed by atoms with van der Waals surface area (Å²) >= 11 is 0. The molecule has 0 heterocycles. The van der Waals surface area contributed by atoms with Crippen LogP contribution in [0.15, 0.2) is 24.3 Å². The molecule has 20 heavy (non-hydrogen) atoms. The number of hydrogen-bond acceptors (Lipinski definition) is 5. The first kappa shape index (κ1) is 14.3. The van der Waals surface area contributed by atoms with Crippen LogP contribution in [0.2, 0.25) is 0 Å². The minimum absolute atomic E-state index is 0.00161. The number of nitrogens with zero attached hydrogens (tertiary/aromatic N) is 1. The summed E-state index contributed by atoms with van der Waals surface area (Å²) < 4.78 is 4.99. The molecule has 7 nitrogen and oxygen atoms in total. The van der Waals surface area contributed by atoms with Crippen LogP contribution in [0.5, 0.6) is 0 Å². The average molecular weight is 280 g/mol. The van der Waals surface area contributed by atoms with E-state index in [-0.39, 0.29) is 18.4 Å². The molecule has 2 N–H and O–H groups in total. The van der Waals surface area contributed by atoms with Gasteiger partial charge in [-0.2, -0.15) is 0 Å². The molecule has 1 aromatic carbocycles. The smallest absolute Gasteiger partial charge is 0.407 e. The van der Waals surface area contributed by atoms with Crippen molar-refractivity contribution in [2.24, 2.45) is 5.92 Å². The van der Waals surface area contributed by atoms with Gasteiger partial charge in [0.2, 0.25) is 0 Å². The first-order chi connectivity index (χ1) is 9.54. The zero-order valence-electron chi connectivity index (χ0n) is 10.8. The number of amides is 1. The van der Waals surface area contributed by atoms with Crippen LogP contribution in [0.3, 0.4) is 0 Å². The SMILES string of the molecule is O=C(NCC1CC(O)C1)OCc1ccc([N+](=O)[O-])cc1. The van der Waals surface area contributed by atoms with Crippen molar-refractivity contribution in [3.63, 3.8) is 0 Å². The lowest BCUT2D eigenvalue weighted by molar-refractivity contribution is -0.384. The number of non-ortho nitro benzene ring substituents is 1. The molecule has 1 amide bonds. The predicted molar refractivity (Wildman–Crippen MR) is 70.0 cm³/mol. The van der Waals surface area contributed by atoms with Crippen LogP contribution in [0.4, 0.5) is 10.5 Å². The van der Waals surface area contributed by atoms with E-state index in [4.69, 9.17) is 9.84 Å². The number of aliphatic hydroxyl groups excluding tert-OH is 1. The number of nitro groups is 1. The first-order valence-corrected chi connectivity index (χ1v) is 6.36. The molecule has 0 spiro atoms. The van der Waals surface area contributed by atoms with Crippen molar-refractivity contribution in [1.29, 1.82) is 0 Å². The van der Waals surface area contributed by atoms with Crippen LogP contribution < -0.4 is 5.32 Å². The van der Waals surface area contributed by atoms with Crippen molar-refractivity contribution in [2.75, 3.05) is 6.54 Å². The Balaban J connectivity index is 1.68. The molecule has 108 valence electrons. The zero-order chi connectivity index (χ0) is 14.5. The summed E-state index contributed by atoms with van der Waals surface area (Å²) in [5, 5.41) is 22.2. The quantitative estimate of drug-likeness (QED) is 0.630. The fourth-order valence-corrected chi connectivity index (χ4v) is 2.01. The highest BCUT2D eigenvalue weighted by atomic mass is 16.6. The highest BCUT2D eigenvalue weighted by molar-refractivity contribution is 5.67. The third kappa shape index (κ3) is 3.92. The van der Waals surface area contributed by atoms with E-state index in [9.17, 15) is 14.9 Å². The molecule has 0 aromatic heterocycles. The number of carbonyl (C=O) groups excluding carboxylic acids is 1. The summed E-state index contributed by atoms with van der Waals surface area (Å²) in [6.07, 6.45) is 0.660. The highest BCUT2D eigenvalue weighted by Crippen LogP contribution is 2.26. The van der Waals surface area contributed by atoms with Gasteiger partial charge in [-0.1, -0.05) is 0 Å². The topological polar surface area (TPSA) is 102 Å². The second kappa shape index (κ2) is 6.33. The number of nitro benzene ring substituents is 1. The molecular formula is C13H16N2O5. The Morgan fingerprint density at radius 3 is 2.60 bits per heavy atom. The van der Waals surface area contributed by atoms with Gasteiger partial charge < -0.3 is 15.2 Å². The standard InChI is InChI=1S/C13H16N2O5/c16-12-5-10(6-12)7-14-13(17)20-8-9-1-3-11(4-2-9)15(18)19/h1-4,10,12,16H,5-8H2,(H,14,17). The summed E-state index contributed by atoms with van der Waals surface area (Å²) in [6, 6.07) is 5.83. The molecule has 7 heteroatoms. The predicted octanol–water partition coefficient (Wildman–Crippen LogP) is 1.59. The Bertz CT molecular complexity index is 482. The monoisotopic (exact) mass is 280 g/mol. The summed E-state index contributed by atoms with van der Waals surface area (Å²) in [5.41, 5.74) is 0.687. The minimum Gasteiger partial charge on any atom is -0.445 e. The van der Waals surface area contributed by atoms with Crippen molar-refractivity contribution in [3.05, 3.63) is 39.9 Å². The van der Waals surface area contributed by atoms with Crippen LogP contribution in [-0.4, -0.2) is 28.8 Å². The van der Waals surface area contributed by atoms with E-state index >= 15 is 0 Å². The van der Waals surface area contributed by atoms with E-state index in [1.165, 1.54) is 12.1 Å². The van der Waals surface area contributed by atoms with Crippen LogP contribution in [-0.2, 0) is 11.3 Å². The van der Waals surface area contributed by atoms with Crippen LogP contribution in [0.1, 0.15) is 18.4 Å². The lowest BCUT2D eigenvalue weighted by Crippen LogP contribution is -2.38. The molecule has 1 fully saturated rings. The fraction of sp³-hybridized carbons (Fsp3) is 0.462. The molecule has 1 aliphatic rings. The third-order valence-electron chi connectivity index (χ3n) is 3.26. The number of alkyl carbamates (subject to hydrolysis) is 1. The maximum Gasteiger partial charge on any atom is 0.407 e. The molecule has 0 radical (unpaired) electrons. The number of aliphatic hydroxyl groups is 1. The second-order valence-electron chi connectivity index (χ2n) is 4.87. The van der Waals surface area contributed by atoms with Crippen molar-refractivity contribution in [1.82, 2.24) is 5.32 Å². The number of hydrogen-bond donors (Lipinski definition) is 2. The van der Waals surface area contributed by atoms with Crippen molar-refractivity contribution < 1.29 is 19.6 Å².